The maximum absolute atomic E-state index is 5.94. The molecule has 1 aromatic heterocycles. The SMILES string of the molecule is Nc1nn(-c2ccccc2Cl)nc1Cl. The van der Waals surface area contributed by atoms with E-state index in [2.05, 4.69) is 10.2 Å². The van der Waals surface area contributed by atoms with Gasteiger partial charge in [0.15, 0.2) is 11.0 Å². The molecule has 2 N–H and O–H groups in total. The summed E-state index contributed by atoms with van der Waals surface area (Å²) in [5.74, 6) is 0.187. The van der Waals surface area contributed by atoms with Crippen LogP contribution in [0.15, 0.2) is 24.3 Å². The highest BCUT2D eigenvalue weighted by molar-refractivity contribution is 6.32. The molecule has 2 rings (SSSR count). The first-order valence-electron chi connectivity index (χ1n) is 3.81. The zero-order valence-electron chi connectivity index (χ0n) is 6.98. The zero-order valence-corrected chi connectivity index (χ0v) is 8.50. The highest BCUT2D eigenvalue weighted by Gasteiger charge is 2.08. The molecular formula is C8H6Cl2N4. The van der Waals surface area contributed by atoms with Crippen LogP contribution in [0.1, 0.15) is 0 Å². The number of benzene rings is 1. The van der Waals surface area contributed by atoms with Gasteiger partial charge in [-0.2, -0.15) is 0 Å². The van der Waals surface area contributed by atoms with E-state index >= 15 is 0 Å². The summed E-state index contributed by atoms with van der Waals surface area (Å²) in [7, 11) is 0. The number of hydrogen-bond donors (Lipinski definition) is 1. The van der Waals surface area contributed by atoms with Crippen LogP contribution in [0, 0.1) is 0 Å². The molecule has 2 aromatic rings. The highest BCUT2D eigenvalue weighted by atomic mass is 35.5. The lowest BCUT2D eigenvalue weighted by molar-refractivity contribution is 0.755. The van der Waals surface area contributed by atoms with Gasteiger partial charge in [-0.1, -0.05) is 35.3 Å². The van der Waals surface area contributed by atoms with Crippen LogP contribution in [0.3, 0.4) is 0 Å². The lowest BCUT2D eigenvalue weighted by Crippen LogP contribution is -1.99. The van der Waals surface area contributed by atoms with Gasteiger partial charge in [0.1, 0.15) is 5.69 Å². The van der Waals surface area contributed by atoms with Gasteiger partial charge in [0.2, 0.25) is 0 Å². The maximum Gasteiger partial charge on any atom is 0.195 e. The lowest BCUT2D eigenvalue weighted by Gasteiger charge is -2.00. The van der Waals surface area contributed by atoms with Crippen LogP contribution in [0.2, 0.25) is 10.2 Å². The first-order valence-corrected chi connectivity index (χ1v) is 4.57. The third-order valence-electron chi connectivity index (χ3n) is 1.66. The number of nitrogen functional groups attached to an aromatic ring is 1. The molecule has 0 saturated heterocycles. The molecule has 1 heterocycles. The summed E-state index contributed by atoms with van der Waals surface area (Å²) in [6.45, 7) is 0. The van der Waals surface area contributed by atoms with Gasteiger partial charge in [0.25, 0.3) is 0 Å². The van der Waals surface area contributed by atoms with E-state index in [4.69, 9.17) is 28.9 Å². The Labute approximate surface area is 90.2 Å². The van der Waals surface area contributed by atoms with Crippen LogP contribution in [-0.4, -0.2) is 15.0 Å². The van der Waals surface area contributed by atoms with Crippen LogP contribution in [0.25, 0.3) is 5.69 Å². The smallest absolute Gasteiger partial charge is 0.195 e. The Morgan fingerprint density at radius 2 is 1.86 bits per heavy atom. The molecule has 0 spiro atoms. The first-order chi connectivity index (χ1) is 6.68. The van der Waals surface area contributed by atoms with Gasteiger partial charge in [-0.25, -0.2) is 0 Å². The molecule has 0 unspecified atom stereocenters. The minimum absolute atomic E-state index is 0.171. The number of nitrogens with zero attached hydrogens (tertiary/aromatic N) is 3. The Balaban J connectivity index is 2.55. The van der Waals surface area contributed by atoms with Crippen molar-refractivity contribution in [2.75, 3.05) is 5.73 Å². The van der Waals surface area contributed by atoms with Crippen molar-refractivity contribution in [3.8, 4) is 5.69 Å². The van der Waals surface area contributed by atoms with Gasteiger partial charge in [-0.05, 0) is 12.1 Å². The molecule has 0 bridgehead atoms. The predicted molar refractivity (Wildman–Crippen MR) is 55.8 cm³/mol. The van der Waals surface area contributed by atoms with Crippen LogP contribution < -0.4 is 5.73 Å². The van der Waals surface area contributed by atoms with Gasteiger partial charge < -0.3 is 5.73 Å². The molecule has 0 aliphatic rings. The Hall–Kier alpha value is -1.26. The van der Waals surface area contributed by atoms with Crippen molar-refractivity contribution in [2.45, 2.75) is 0 Å². The number of para-hydroxylation sites is 1. The molecule has 0 amide bonds. The fourth-order valence-electron chi connectivity index (χ4n) is 1.02. The largest absolute Gasteiger partial charge is 0.380 e. The van der Waals surface area contributed by atoms with E-state index < -0.39 is 0 Å². The van der Waals surface area contributed by atoms with E-state index in [0.717, 1.165) is 0 Å². The summed E-state index contributed by atoms with van der Waals surface area (Å²) in [4.78, 5) is 1.31. The molecule has 72 valence electrons. The fourth-order valence-corrected chi connectivity index (χ4v) is 1.34. The number of hydrogen-bond acceptors (Lipinski definition) is 3. The van der Waals surface area contributed by atoms with Gasteiger partial charge in [0.05, 0.1) is 5.02 Å². The summed E-state index contributed by atoms with van der Waals surface area (Å²) in [6.07, 6.45) is 0. The molecule has 6 heteroatoms. The summed E-state index contributed by atoms with van der Waals surface area (Å²) >= 11 is 11.6. The number of halogens is 2. The molecule has 4 nitrogen and oxygen atoms in total. The molecule has 0 aliphatic carbocycles. The average molecular weight is 229 g/mol. The van der Waals surface area contributed by atoms with Gasteiger partial charge in [-0.15, -0.1) is 15.0 Å². The Kier molecular flexibility index (Phi) is 2.31. The number of anilines is 1. The topological polar surface area (TPSA) is 56.7 Å². The number of nitrogens with two attached hydrogens (primary N) is 1. The Bertz CT molecular complexity index is 447. The molecule has 0 atom stereocenters. The van der Waals surface area contributed by atoms with Crippen molar-refractivity contribution in [3.05, 3.63) is 34.4 Å². The summed E-state index contributed by atoms with van der Waals surface area (Å²) in [5, 5.41) is 8.52. The molecule has 0 radical (unpaired) electrons. The Morgan fingerprint density at radius 1 is 1.14 bits per heavy atom. The lowest BCUT2D eigenvalue weighted by atomic mass is 10.3. The van der Waals surface area contributed by atoms with Gasteiger partial charge in [0, 0.05) is 0 Å². The van der Waals surface area contributed by atoms with Gasteiger partial charge >= 0.3 is 0 Å². The monoisotopic (exact) mass is 228 g/mol. The van der Waals surface area contributed by atoms with Crippen molar-refractivity contribution < 1.29 is 0 Å². The minimum atomic E-state index is 0.171. The van der Waals surface area contributed by atoms with E-state index in [1.54, 1.807) is 12.1 Å². The summed E-state index contributed by atoms with van der Waals surface area (Å²) in [6, 6.07) is 7.16. The summed E-state index contributed by atoms with van der Waals surface area (Å²) in [5.41, 5.74) is 6.10. The maximum atomic E-state index is 5.94. The zero-order chi connectivity index (χ0) is 10.1. The van der Waals surface area contributed by atoms with E-state index in [0.29, 0.717) is 10.7 Å². The van der Waals surface area contributed by atoms with Crippen LogP contribution in [0.5, 0.6) is 0 Å². The standard InChI is InChI=1S/C8H6Cl2N4/c9-5-3-1-2-4-6(5)14-12-7(10)8(11)13-14/h1-4H,(H2,11,13). The third kappa shape index (κ3) is 1.54. The van der Waals surface area contributed by atoms with Crippen molar-refractivity contribution >= 4 is 29.0 Å². The molecule has 0 fully saturated rings. The van der Waals surface area contributed by atoms with Crippen molar-refractivity contribution in [1.29, 1.82) is 0 Å². The first kappa shape index (κ1) is 9.30. The number of rotatable bonds is 1. The van der Waals surface area contributed by atoms with Gasteiger partial charge in [-0.3, -0.25) is 0 Å². The van der Waals surface area contributed by atoms with Crippen LogP contribution >= 0.6 is 23.2 Å². The molecule has 14 heavy (non-hydrogen) atoms. The summed E-state index contributed by atoms with van der Waals surface area (Å²) < 4.78 is 0. The number of aromatic nitrogens is 3. The predicted octanol–water partition coefficient (Wildman–Crippen LogP) is 2.16. The highest BCUT2D eigenvalue weighted by Crippen LogP contribution is 2.20. The molecular weight excluding hydrogens is 223 g/mol. The molecule has 1 aromatic carbocycles. The second kappa shape index (κ2) is 3.48. The van der Waals surface area contributed by atoms with Crippen molar-refractivity contribution in [2.24, 2.45) is 0 Å². The normalized spacial score (nSPS) is 10.4. The van der Waals surface area contributed by atoms with Crippen molar-refractivity contribution in [1.82, 2.24) is 15.0 Å². The molecule has 0 aliphatic heterocycles. The Morgan fingerprint density at radius 3 is 2.43 bits per heavy atom. The van der Waals surface area contributed by atoms with E-state index in [-0.39, 0.29) is 11.0 Å². The second-order valence-corrected chi connectivity index (χ2v) is 3.38. The second-order valence-electron chi connectivity index (χ2n) is 2.62. The third-order valence-corrected chi connectivity index (χ3v) is 2.25. The van der Waals surface area contributed by atoms with E-state index in [1.807, 2.05) is 12.1 Å². The quantitative estimate of drug-likeness (QED) is 0.814. The van der Waals surface area contributed by atoms with E-state index in [1.165, 1.54) is 4.80 Å². The molecule has 0 saturated carbocycles. The fraction of sp³-hybridized carbons (Fsp3) is 0. The van der Waals surface area contributed by atoms with E-state index in [9.17, 15) is 0 Å². The van der Waals surface area contributed by atoms with Crippen LogP contribution in [0.4, 0.5) is 5.82 Å². The average Bonchev–Trinajstić information content (AvgIpc) is 2.48. The van der Waals surface area contributed by atoms with Crippen LogP contribution in [-0.2, 0) is 0 Å². The van der Waals surface area contributed by atoms with Crippen molar-refractivity contribution in [3.63, 3.8) is 0 Å². The minimum Gasteiger partial charge on any atom is -0.380 e.